The number of halogens is 1. The zero-order chi connectivity index (χ0) is 8.27. The third-order valence-corrected chi connectivity index (χ3v) is 2.49. The van der Waals surface area contributed by atoms with Crippen LogP contribution in [0.25, 0.3) is 6.08 Å². The molecule has 0 fully saturated rings. The second kappa shape index (κ2) is 4.07. The van der Waals surface area contributed by atoms with Crippen molar-refractivity contribution in [2.24, 2.45) is 0 Å². The largest absolute Gasteiger partial charge is 0.149 e. The molecular formula is C9H11BrS. The molecule has 1 rings (SSSR count). The molecule has 1 unspecified atom stereocenters. The zero-order valence-electron chi connectivity index (χ0n) is 6.67. The van der Waals surface area contributed by atoms with Crippen LogP contribution in [0.5, 0.6) is 0 Å². The van der Waals surface area contributed by atoms with E-state index < -0.39 is 0 Å². The van der Waals surface area contributed by atoms with Gasteiger partial charge in [0.25, 0.3) is 0 Å². The summed E-state index contributed by atoms with van der Waals surface area (Å²) in [5, 5.41) is 2.17. The van der Waals surface area contributed by atoms with Crippen molar-refractivity contribution in [3.8, 4) is 0 Å². The van der Waals surface area contributed by atoms with Crippen molar-refractivity contribution in [3.05, 3.63) is 28.0 Å². The summed E-state index contributed by atoms with van der Waals surface area (Å²) in [6, 6.07) is 2.19. The Kier molecular flexibility index (Phi) is 3.34. The summed E-state index contributed by atoms with van der Waals surface area (Å²) in [4.78, 5) is 1.83. The highest BCUT2D eigenvalue weighted by atomic mass is 79.9. The molecule has 0 radical (unpaired) electrons. The Labute approximate surface area is 80.1 Å². The van der Waals surface area contributed by atoms with E-state index in [4.69, 9.17) is 0 Å². The maximum atomic E-state index is 3.46. The molecule has 0 saturated carbocycles. The highest BCUT2D eigenvalue weighted by molar-refractivity contribution is 9.09. The summed E-state index contributed by atoms with van der Waals surface area (Å²) < 4.78 is 0. The molecule has 0 aliphatic rings. The standard InChI is InChI=1S/C9H11BrS/c1-7(10)3-4-9-5-8(2)11-6-9/h3-7H,1-2H3/b4-3+. The van der Waals surface area contributed by atoms with Crippen molar-refractivity contribution in [1.29, 1.82) is 0 Å². The molecule has 1 atom stereocenters. The monoisotopic (exact) mass is 230 g/mol. The van der Waals surface area contributed by atoms with Crippen LogP contribution in [0.1, 0.15) is 17.4 Å². The minimum atomic E-state index is 0.461. The smallest absolute Gasteiger partial charge is 0.0300 e. The van der Waals surface area contributed by atoms with Crippen molar-refractivity contribution in [2.45, 2.75) is 18.7 Å². The molecule has 0 aliphatic heterocycles. The quantitative estimate of drug-likeness (QED) is 0.678. The van der Waals surface area contributed by atoms with Crippen LogP contribution in [-0.4, -0.2) is 4.83 Å². The lowest BCUT2D eigenvalue weighted by molar-refractivity contribution is 1.28. The molecule has 1 aromatic heterocycles. The van der Waals surface area contributed by atoms with Gasteiger partial charge in [0.05, 0.1) is 0 Å². The third kappa shape index (κ3) is 3.21. The van der Waals surface area contributed by atoms with Crippen molar-refractivity contribution >= 4 is 33.3 Å². The molecule has 60 valence electrons. The van der Waals surface area contributed by atoms with E-state index in [1.165, 1.54) is 10.4 Å². The first-order valence-corrected chi connectivity index (χ1v) is 5.35. The van der Waals surface area contributed by atoms with E-state index in [0.29, 0.717) is 4.83 Å². The average molecular weight is 231 g/mol. The van der Waals surface area contributed by atoms with Crippen LogP contribution in [-0.2, 0) is 0 Å². The lowest BCUT2D eigenvalue weighted by Crippen LogP contribution is -1.78. The SMILES string of the molecule is Cc1cc(/C=C/C(C)Br)cs1. The molecule has 0 spiro atoms. The van der Waals surface area contributed by atoms with Crippen LogP contribution in [0.3, 0.4) is 0 Å². The minimum absolute atomic E-state index is 0.461. The van der Waals surface area contributed by atoms with Crippen molar-refractivity contribution in [3.63, 3.8) is 0 Å². The van der Waals surface area contributed by atoms with E-state index >= 15 is 0 Å². The van der Waals surface area contributed by atoms with Gasteiger partial charge in [0, 0.05) is 9.70 Å². The lowest BCUT2D eigenvalue weighted by Gasteiger charge is -1.88. The van der Waals surface area contributed by atoms with Gasteiger partial charge in [0.1, 0.15) is 0 Å². The van der Waals surface area contributed by atoms with Crippen molar-refractivity contribution in [2.75, 3.05) is 0 Å². The molecule has 1 heterocycles. The first kappa shape index (κ1) is 9.01. The second-order valence-corrected chi connectivity index (χ2v) is 5.09. The van der Waals surface area contributed by atoms with Crippen molar-refractivity contribution < 1.29 is 0 Å². The van der Waals surface area contributed by atoms with Crippen LogP contribution in [0.2, 0.25) is 0 Å². The minimum Gasteiger partial charge on any atom is -0.149 e. The first-order valence-electron chi connectivity index (χ1n) is 3.56. The number of alkyl halides is 1. The van der Waals surface area contributed by atoms with Gasteiger partial charge in [-0.25, -0.2) is 0 Å². The Morgan fingerprint density at radius 2 is 2.36 bits per heavy atom. The van der Waals surface area contributed by atoms with Gasteiger partial charge in [0.15, 0.2) is 0 Å². The fourth-order valence-electron chi connectivity index (χ4n) is 0.795. The van der Waals surface area contributed by atoms with Crippen LogP contribution < -0.4 is 0 Å². The Balaban J connectivity index is 2.64. The zero-order valence-corrected chi connectivity index (χ0v) is 9.08. The number of rotatable bonds is 2. The summed E-state index contributed by atoms with van der Waals surface area (Å²) in [5.41, 5.74) is 1.30. The Bertz CT molecular complexity index is 248. The number of allylic oxidation sites excluding steroid dienone is 1. The summed E-state index contributed by atoms with van der Waals surface area (Å²) in [5.74, 6) is 0. The molecule has 0 aromatic carbocycles. The third-order valence-electron chi connectivity index (χ3n) is 1.30. The predicted octanol–water partition coefficient (Wildman–Crippen LogP) is 3.85. The molecule has 0 amide bonds. The van der Waals surface area contributed by atoms with Gasteiger partial charge in [-0.2, -0.15) is 0 Å². The predicted molar refractivity (Wildman–Crippen MR) is 56.5 cm³/mol. The lowest BCUT2D eigenvalue weighted by atomic mass is 10.3. The van der Waals surface area contributed by atoms with Gasteiger partial charge in [-0.1, -0.05) is 28.1 Å². The average Bonchev–Trinajstić information content (AvgIpc) is 2.31. The maximum absolute atomic E-state index is 3.46. The van der Waals surface area contributed by atoms with E-state index in [-0.39, 0.29) is 0 Å². The number of aryl methyl sites for hydroxylation is 1. The maximum Gasteiger partial charge on any atom is 0.0300 e. The highest BCUT2D eigenvalue weighted by Gasteiger charge is 1.91. The van der Waals surface area contributed by atoms with E-state index in [0.717, 1.165) is 0 Å². The highest BCUT2D eigenvalue weighted by Crippen LogP contribution is 2.15. The van der Waals surface area contributed by atoms with Crippen molar-refractivity contribution in [1.82, 2.24) is 0 Å². The second-order valence-electron chi connectivity index (χ2n) is 2.53. The Morgan fingerprint density at radius 3 is 2.82 bits per heavy atom. The van der Waals surface area contributed by atoms with Gasteiger partial charge < -0.3 is 0 Å². The molecule has 0 nitrogen and oxygen atoms in total. The molecule has 1 aromatic rings. The van der Waals surface area contributed by atoms with Crippen LogP contribution >= 0.6 is 27.3 Å². The Morgan fingerprint density at radius 1 is 1.64 bits per heavy atom. The van der Waals surface area contributed by atoms with Gasteiger partial charge in [0.2, 0.25) is 0 Å². The van der Waals surface area contributed by atoms with E-state index in [9.17, 15) is 0 Å². The molecule has 0 saturated heterocycles. The fourth-order valence-corrected chi connectivity index (χ4v) is 1.62. The molecule has 0 N–H and O–H groups in total. The summed E-state index contributed by atoms with van der Waals surface area (Å²) in [6.45, 7) is 4.23. The number of hydrogen-bond acceptors (Lipinski definition) is 1. The summed E-state index contributed by atoms with van der Waals surface area (Å²) in [7, 11) is 0. The number of thiophene rings is 1. The summed E-state index contributed by atoms with van der Waals surface area (Å²) >= 11 is 5.24. The number of hydrogen-bond donors (Lipinski definition) is 0. The molecular weight excluding hydrogens is 220 g/mol. The fraction of sp³-hybridized carbons (Fsp3) is 0.333. The van der Waals surface area contributed by atoms with E-state index in [2.05, 4.69) is 53.4 Å². The van der Waals surface area contributed by atoms with Gasteiger partial charge >= 0.3 is 0 Å². The van der Waals surface area contributed by atoms with Crippen LogP contribution in [0.15, 0.2) is 17.5 Å². The van der Waals surface area contributed by atoms with Gasteiger partial charge in [-0.15, -0.1) is 11.3 Å². The van der Waals surface area contributed by atoms with Crippen LogP contribution in [0.4, 0.5) is 0 Å². The van der Waals surface area contributed by atoms with Crippen LogP contribution in [0, 0.1) is 6.92 Å². The van der Waals surface area contributed by atoms with Gasteiger partial charge in [-0.3, -0.25) is 0 Å². The molecule has 0 aliphatic carbocycles. The Hall–Kier alpha value is -0.0800. The van der Waals surface area contributed by atoms with Gasteiger partial charge in [-0.05, 0) is 30.9 Å². The molecule has 2 heteroatoms. The van der Waals surface area contributed by atoms with E-state index in [1.54, 1.807) is 11.3 Å². The molecule has 11 heavy (non-hydrogen) atoms. The first-order chi connectivity index (χ1) is 5.18. The topological polar surface area (TPSA) is 0 Å². The molecule has 0 bridgehead atoms. The van der Waals surface area contributed by atoms with E-state index in [1.807, 2.05) is 0 Å². The normalized spacial score (nSPS) is 14.1. The summed E-state index contributed by atoms with van der Waals surface area (Å²) in [6.07, 6.45) is 4.28.